The van der Waals surface area contributed by atoms with Gasteiger partial charge in [-0.2, -0.15) is 0 Å². The van der Waals surface area contributed by atoms with Crippen LogP contribution in [0.5, 0.6) is 0 Å². The van der Waals surface area contributed by atoms with Crippen LogP contribution in [0.25, 0.3) is 22.2 Å². The van der Waals surface area contributed by atoms with Crippen LogP contribution >= 0.6 is 0 Å². The fraction of sp³-hybridized carbons (Fsp3) is 0.316. The highest BCUT2D eigenvalue weighted by Crippen LogP contribution is 2.24. The molecule has 6 heteroatoms. The van der Waals surface area contributed by atoms with Gasteiger partial charge in [0.25, 0.3) is 0 Å². The summed E-state index contributed by atoms with van der Waals surface area (Å²) in [5.74, 6) is -0.711. The second kappa shape index (κ2) is 6.82. The van der Waals surface area contributed by atoms with Crippen LogP contribution in [0.2, 0.25) is 0 Å². The molecule has 0 unspecified atom stereocenters. The third-order valence-corrected chi connectivity index (χ3v) is 3.92. The summed E-state index contributed by atoms with van der Waals surface area (Å²) >= 11 is 0. The molecule has 0 aliphatic heterocycles. The number of hydrogen-bond donors (Lipinski definition) is 2. The fourth-order valence-corrected chi connectivity index (χ4v) is 2.69. The van der Waals surface area contributed by atoms with Crippen molar-refractivity contribution in [1.82, 2.24) is 9.88 Å². The summed E-state index contributed by atoms with van der Waals surface area (Å²) in [6.07, 6.45) is 0. The van der Waals surface area contributed by atoms with Gasteiger partial charge in [0, 0.05) is 19.6 Å². The van der Waals surface area contributed by atoms with Gasteiger partial charge in [-0.1, -0.05) is 18.2 Å². The zero-order valence-corrected chi connectivity index (χ0v) is 14.3. The number of rotatable bonds is 6. The van der Waals surface area contributed by atoms with Crippen molar-refractivity contribution in [3.05, 3.63) is 58.8 Å². The minimum absolute atomic E-state index is 0.291. The molecule has 0 bridgehead atoms. The molecule has 0 aliphatic rings. The Labute approximate surface area is 144 Å². The average Bonchev–Trinajstić information content (AvgIpc) is 2.86. The van der Waals surface area contributed by atoms with Crippen LogP contribution < -0.4 is 11.1 Å². The fourth-order valence-electron chi connectivity index (χ4n) is 2.69. The minimum Gasteiger partial charge on any atom is -0.408 e. The summed E-state index contributed by atoms with van der Waals surface area (Å²) in [6.45, 7) is 4.86. The van der Waals surface area contributed by atoms with Crippen LogP contribution in [-0.4, -0.2) is 28.4 Å². The Balaban J connectivity index is 1.81. The highest BCUT2D eigenvalue weighted by molar-refractivity contribution is 5.80. The van der Waals surface area contributed by atoms with Gasteiger partial charge in [0.05, 0.1) is 11.1 Å². The maximum absolute atomic E-state index is 13.0. The Kier molecular flexibility index (Phi) is 4.74. The van der Waals surface area contributed by atoms with E-state index in [2.05, 4.69) is 5.32 Å². The summed E-state index contributed by atoms with van der Waals surface area (Å²) in [4.78, 5) is 12.1. The third-order valence-electron chi connectivity index (χ3n) is 3.92. The summed E-state index contributed by atoms with van der Waals surface area (Å²) < 4.78 is 19.9. The van der Waals surface area contributed by atoms with E-state index in [1.54, 1.807) is 36.6 Å². The van der Waals surface area contributed by atoms with Crippen LogP contribution in [-0.2, 0) is 6.54 Å². The van der Waals surface area contributed by atoms with Crippen molar-refractivity contribution in [2.75, 3.05) is 13.1 Å². The Hall–Kier alpha value is -2.44. The zero-order valence-electron chi connectivity index (χ0n) is 14.3. The molecule has 0 aliphatic carbocycles. The quantitative estimate of drug-likeness (QED) is 0.675. The first-order valence-corrected chi connectivity index (χ1v) is 8.16. The number of aliphatic hydroxyl groups is 1. The van der Waals surface area contributed by atoms with Gasteiger partial charge < -0.3 is 14.8 Å². The largest absolute Gasteiger partial charge is 0.419 e. The van der Waals surface area contributed by atoms with Crippen molar-refractivity contribution in [3.8, 4) is 11.1 Å². The molecule has 0 radical (unpaired) electrons. The molecule has 5 nitrogen and oxygen atoms in total. The van der Waals surface area contributed by atoms with Crippen LogP contribution in [0.15, 0.2) is 51.7 Å². The lowest BCUT2D eigenvalue weighted by molar-refractivity contribution is 0.0797. The van der Waals surface area contributed by atoms with E-state index in [-0.39, 0.29) is 5.82 Å². The van der Waals surface area contributed by atoms with E-state index in [4.69, 9.17) is 4.42 Å². The number of nitrogens with one attached hydrogen (secondary N) is 1. The molecule has 0 atom stereocenters. The topological polar surface area (TPSA) is 67.4 Å². The second-order valence-electron chi connectivity index (χ2n) is 6.70. The SMILES string of the molecule is CC(C)(O)CNCCn1c(=O)oc2cc(-c3ccc(F)cc3)ccc21. The highest BCUT2D eigenvalue weighted by Gasteiger charge is 2.13. The van der Waals surface area contributed by atoms with Gasteiger partial charge in [-0.3, -0.25) is 4.57 Å². The standard InChI is InChI=1S/C19H21FN2O3/c1-19(2,24)12-21-9-10-22-16-8-5-14(11-17(16)25-18(22)23)13-3-6-15(20)7-4-13/h3-8,11,21,24H,9-10,12H2,1-2H3. The number of benzene rings is 2. The molecule has 0 spiro atoms. The molecular formula is C19H21FN2O3. The number of aromatic nitrogens is 1. The van der Waals surface area contributed by atoms with E-state index in [1.807, 2.05) is 12.1 Å². The molecule has 0 amide bonds. The first-order chi connectivity index (χ1) is 11.8. The monoisotopic (exact) mass is 344 g/mol. The molecule has 2 aromatic carbocycles. The lowest BCUT2D eigenvalue weighted by Gasteiger charge is -2.17. The smallest absolute Gasteiger partial charge is 0.408 e. The third kappa shape index (κ3) is 4.15. The van der Waals surface area contributed by atoms with Crippen LogP contribution in [0.1, 0.15) is 13.8 Å². The number of hydrogen-bond acceptors (Lipinski definition) is 4. The molecule has 1 heterocycles. The summed E-state index contributed by atoms with van der Waals surface area (Å²) in [7, 11) is 0. The van der Waals surface area contributed by atoms with Gasteiger partial charge in [-0.05, 0) is 49.2 Å². The first kappa shape index (κ1) is 17.4. The van der Waals surface area contributed by atoms with Gasteiger partial charge in [0.1, 0.15) is 5.82 Å². The molecule has 2 N–H and O–H groups in total. The van der Waals surface area contributed by atoms with E-state index in [1.165, 1.54) is 12.1 Å². The molecule has 25 heavy (non-hydrogen) atoms. The van der Waals surface area contributed by atoms with E-state index in [0.29, 0.717) is 30.7 Å². The molecule has 3 aromatic rings. The van der Waals surface area contributed by atoms with Crippen LogP contribution in [0.3, 0.4) is 0 Å². The number of oxazole rings is 1. The maximum atomic E-state index is 13.0. The first-order valence-electron chi connectivity index (χ1n) is 8.16. The Morgan fingerprint density at radius 2 is 1.84 bits per heavy atom. The van der Waals surface area contributed by atoms with Gasteiger partial charge >= 0.3 is 5.76 Å². The predicted molar refractivity (Wildman–Crippen MR) is 95.0 cm³/mol. The van der Waals surface area contributed by atoms with Crippen molar-refractivity contribution in [3.63, 3.8) is 0 Å². The van der Waals surface area contributed by atoms with Gasteiger partial charge in [-0.25, -0.2) is 9.18 Å². The zero-order chi connectivity index (χ0) is 18.0. The van der Waals surface area contributed by atoms with E-state index < -0.39 is 11.4 Å². The number of halogens is 1. The molecular weight excluding hydrogens is 323 g/mol. The van der Waals surface area contributed by atoms with E-state index in [9.17, 15) is 14.3 Å². The van der Waals surface area contributed by atoms with E-state index >= 15 is 0 Å². The molecule has 0 fully saturated rings. The normalized spacial score (nSPS) is 12.0. The number of fused-ring (bicyclic) bond motifs is 1. The number of nitrogens with zero attached hydrogens (tertiary/aromatic N) is 1. The Morgan fingerprint density at radius 3 is 2.52 bits per heavy atom. The molecule has 3 rings (SSSR count). The van der Waals surface area contributed by atoms with Crippen molar-refractivity contribution >= 4 is 11.1 Å². The average molecular weight is 344 g/mol. The summed E-state index contributed by atoms with van der Waals surface area (Å²) in [5, 5.41) is 12.8. The van der Waals surface area contributed by atoms with Crippen molar-refractivity contribution in [2.45, 2.75) is 26.0 Å². The molecule has 0 saturated heterocycles. The summed E-state index contributed by atoms with van der Waals surface area (Å²) in [6, 6.07) is 11.7. The lowest BCUT2D eigenvalue weighted by atomic mass is 10.1. The minimum atomic E-state index is -0.798. The van der Waals surface area contributed by atoms with Gasteiger partial charge in [-0.15, -0.1) is 0 Å². The van der Waals surface area contributed by atoms with Crippen LogP contribution in [0.4, 0.5) is 4.39 Å². The molecule has 132 valence electrons. The summed E-state index contributed by atoms with van der Waals surface area (Å²) in [5.41, 5.74) is 2.11. The molecule has 1 aromatic heterocycles. The van der Waals surface area contributed by atoms with Gasteiger partial charge in [0.2, 0.25) is 0 Å². The van der Waals surface area contributed by atoms with Crippen molar-refractivity contribution in [2.24, 2.45) is 0 Å². The van der Waals surface area contributed by atoms with E-state index in [0.717, 1.165) is 11.1 Å². The Bertz CT molecular complexity index is 920. The van der Waals surface area contributed by atoms with Gasteiger partial charge in [0.15, 0.2) is 5.58 Å². The second-order valence-corrected chi connectivity index (χ2v) is 6.70. The van der Waals surface area contributed by atoms with Crippen molar-refractivity contribution < 1.29 is 13.9 Å². The van der Waals surface area contributed by atoms with Crippen LogP contribution in [0, 0.1) is 5.82 Å². The highest BCUT2D eigenvalue weighted by atomic mass is 19.1. The predicted octanol–water partition coefficient (Wildman–Crippen LogP) is 2.76. The maximum Gasteiger partial charge on any atom is 0.419 e. The Morgan fingerprint density at radius 1 is 1.16 bits per heavy atom. The lowest BCUT2D eigenvalue weighted by Crippen LogP contribution is -2.36. The molecule has 0 saturated carbocycles. The van der Waals surface area contributed by atoms with Crippen molar-refractivity contribution in [1.29, 1.82) is 0 Å².